The second-order valence-corrected chi connectivity index (χ2v) is 5.71. The number of unbranched alkanes of at least 4 members (excludes halogenated alkanes) is 1. The highest BCUT2D eigenvalue weighted by molar-refractivity contribution is 5.94. The number of hydrogen-bond acceptors (Lipinski definition) is 3. The Morgan fingerprint density at radius 2 is 1.76 bits per heavy atom. The summed E-state index contributed by atoms with van der Waals surface area (Å²) in [7, 11) is 0. The molecule has 0 atom stereocenters. The van der Waals surface area contributed by atoms with Crippen LogP contribution in [0.25, 0.3) is 0 Å². The molecule has 0 spiro atoms. The van der Waals surface area contributed by atoms with E-state index in [0.717, 1.165) is 18.4 Å². The zero-order valence-electron chi connectivity index (χ0n) is 13.0. The summed E-state index contributed by atoms with van der Waals surface area (Å²) in [6.07, 6.45) is 2.03. The first kappa shape index (κ1) is 17.2. The molecule has 1 rings (SSSR count). The Labute approximate surface area is 126 Å². The molecule has 1 aromatic carbocycles. The first-order valence-electron chi connectivity index (χ1n) is 7.29. The molecule has 2 amide bonds. The molecule has 5 heteroatoms. The molecule has 21 heavy (non-hydrogen) atoms. The molecule has 0 unspecified atom stereocenters. The van der Waals surface area contributed by atoms with E-state index in [1.54, 1.807) is 26.0 Å². The molecule has 0 aliphatic heterocycles. The zero-order valence-corrected chi connectivity index (χ0v) is 13.0. The van der Waals surface area contributed by atoms with Gasteiger partial charge in [-0.15, -0.1) is 0 Å². The van der Waals surface area contributed by atoms with Gasteiger partial charge in [0, 0.05) is 18.7 Å². The minimum absolute atomic E-state index is 0.0675. The molecule has 0 radical (unpaired) electrons. The Balaban J connectivity index is 2.50. The Kier molecular flexibility index (Phi) is 6.37. The van der Waals surface area contributed by atoms with Gasteiger partial charge in [-0.1, -0.05) is 25.5 Å². The maximum absolute atomic E-state index is 11.8. The van der Waals surface area contributed by atoms with E-state index in [4.69, 9.17) is 5.73 Å². The van der Waals surface area contributed by atoms with E-state index in [2.05, 4.69) is 17.6 Å². The molecular formula is C16H25N3O2. The van der Waals surface area contributed by atoms with Crippen molar-refractivity contribution in [3.63, 3.8) is 0 Å². The van der Waals surface area contributed by atoms with Gasteiger partial charge in [-0.05, 0) is 38.0 Å². The van der Waals surface area contributed by atoms with Gasteiger partial charge < -0.3 is 16.4 Å². The van der Waals surface area contributed by atoms with Crippen molar-refractivity contribution in [3.05, 3.63) is 35.4 Å². The van der Waals surface area contributed by atoms with Crippen LogP contribution in [0.1, 0.15) is 49.5 Å². The van der Waals surface area contributed by atoms with Crippen molar-refractivity contribution in [2.24, 2.45) is 5.73 Å². The van der Waals surface area contributed by atoms with E-state index >= 15 is 0 Å². The molecule has 0 aromatic heterocycles. The van der Waals surface area contributed by atoms with Crippen LogP contribution in [0.2, 0.25) is 0 Å². The fourth-order valence-electron chi connectivity index (χ4n) is 1.66. The van der Waals surface area contributed by atoms with Crippen molar-refractivity contribution in [3.8, 4) is 0 Å². The topological polar surface area (TPSA) is 84.2 Å². The van der Waals surface area contributed by atoms with Crippen LogP contribution in [-0.2, 0) is 11.3 Å². The highest BCUT2D eigenvalue weighted by atomic mass is 16.2. The molecule has 116 valence electrons. The largest absolute Gasteiger partial charge is 0.352 e. The normalized spacial score (nSPS) is 11.0. The number of hydrogen-bond donors (Lipinski definition) is 3. The molecule has 5 nitrogen and oxygen atoms in total. The summed E-state index contributed by atoms with van der Waals surface area (Å²) in [4.78, 5) is 23.5. The monoisotopic (exact) mass is 291 g/mol. The summed E-state index contributed by atoms with van der Waals surface area (Å²) in [6.45, 7) is 6.49. The molecular weight excluding hydrogens is 266 g/mol. The Bertz CT molecular complexity index is 475. The minimum atomic E-state index is -0.890. The van der Waals surface area contributed by atoms with Crippen LogP contribution in [0.5, 0.6) is 0 Å². The number of amides is 2. The lowest BCUT2D eigenvalue weighted by Gasteiger charge is -2.17. The fourth-order valence-corrected chi connectivity index (χ4v) is 1.66. The number of nitrogens with one attached hydrogen (secondary N) is 2. The zero-order chi connectivity index (χ0) is 15.9. The van der Waals surface area contributed by atoms with Crippen molar-refractivity contribution >= 4 is 11.8 Å². The average molecular weight is 291 g/mol. The quantitative estimate of drug-likeness (QED) is 0.667. The molecule has 1 aromatic rings. The third-order valence-corrected chi connectivity index (χ3v) is 3.07. The maximum atomic E-state index is 11.8. The average Bonchev–Trinajstić information content (AvgIpc) is 2.44. The Morgan fingerprint density at radius 3 is 2.29 bits per heavy atom. The van der Waals surface area contributed by atoms with Gasteiger partial charge in [0.15, 0.2) is 0 Å². The van der Waals surface area contributed by atoms with Gasteiger partial charge in [-0.3, -0.25) is 9.59 Å². The van der Waals surface area contributed by atoms with Crippen molar-refractivity contribution in [2.45, 2.75) is 45.7 Å². The minimum Gasteiger partial charge on any atom is -0.352 e. The summed E-state index contributed by atoms with van der Waals surface area (Å²) in [6, 6.07) is 7.18. The number of carbonyl (C=O) groups excluding carboxylic acids is 2. The van der Waals surface area contributed by atoms with Crippen molar-refractivity contribution < 1.29 is 9.59 Å². The summed E-state index contributed by atoms with van der Waals surface area (Å²) in [5, 5.41) is 5.63. The van der Waals surface area contributed by atoms with E-state index in [-0.39, 0.29) is 11.8 Å². The number of benzene rings is 1. The SMILES string of the molecule is CCCCNC(=O)c1ccc(CNC(=O)C(C)(C)N)cc1. The molecule has 4 N–H and O–H groups in total. The van der Waals surface area contributed by atoms with E-state index in [1.165, 1.54) is 0 Å². The highest BCUT2D eigenvalue weighted by Crippen LogP contribution is 2.05. The van der Waals surface area contributed by atoms with Crippen molar-refractivity contribution in [2.75, 3.05) is 6.54 Å². The van der Waals surface area contributed by atoms with Gasteiger partial charge >= 0.3 is 0 Å². The molecule has 0 aliphatic rings. The molecule has 0 saturated heterocycles. The third kappa shape index (κ3) is 5.95. The predicted molar refractivity (Wildman–Crippen MR) is 83.8 cm³/mol. The number of rotatable bonds is 7. The second kappa shape index (κ2) is 7.78. The number of nitrogens with two attached hydrogens (primary N) is 1. The molecule has 0 aliphatic carbocycles. The van der Waals surface area contributed by atoms with E-state index in [9.17, 15) is 9.59 Å². The molecule has 0 fully saturated rings. The lowest BCUT2D eigenvalue weighted by Crippen LogP contribution is -2.48. The lowest BCUT2D eigenvalue weighted by atomic mass is 10.1. The Hall–Kier alpha value is -1.88. The smallest absolute Gasteiger partial charge is 0.251 e. The summed E-state index contributed by atoms with van der Waals surface area (Å²) in [5.74, 6) is -0.272. The molecule has 0 heterocycles. The first-order chi connectivity index (χ1) is 9.84. The van der Waals surface area contributed by atoms with Gasteiger partial charge in [-0.25, -0.2) is 0 Å². The maximum Gasteiger partial charge on any atom is 0.251 e. The Morgan fingerprint density at radius 1 is 1.14 bits per heavy atom. The van der Waals surface area contributed by atoms with Crippen LogP contribution in [0, 0.1) is 0 Å². The molecule has 0 bridgehead atoms. The number of carbonyl (C=O) groups is 2. The van der Waals surface area contributed by atoms with Crippen LogP contribution in [0.4, 0.5) is 0 Å². The van der Waals surface area contributed by atoms with Crippen LogP contribution >= 0.6 is 0 Å². The lowest BCUT2D eigenvalue weighted by molar-refractivity contribution is -0.125. The summed E-state index contributed by atoms with van der Waals surface area (Å²) < 4.78 is 0. The summed E-state index contributed by atoms with van der Waals surface area (Å²) in [5.41, 5.74) is 6.36. The van der Waals surface area contributed by atoms with E-state index in [0.29, 0.717) is 18.7 Å². The molecule has 0 saturated carbocycles. The van der Waals surface area contributed by atoms with Crippen molar-refractivity contribution in [1.29, 1.82) is 0 Å². The fraction of sp³-hybridized carbons (Fsp3) is 0.500. The van der Waals surface area contributed by atoms with Gasteiger partial charge in [0.25, 0.3) is 5.91 Å². The van der Waals surface area contributed by atoms with E-state index in [1.807, 2.05) is 12.1 Å². The first-order valence-corrected chi connectivity index (χ1v) is 7.29. The second-order valence-electron chi connectivity index (χ2n) is 5.71. The van der Waals surface area contributed by atoms with Crippen LogP contribution in [-0.4, -0.2) is 23.9 Å². The predicted octanol–water partition coefficient (Wildman–Crippen LogP) is 1.57. The summed E-state index contributed by atoms with van der Waals surface area (Å²) >= 11 is 0. The third-order valence-electron chi connectivity index (χ3n) is 3.07. The van der Waals surface area contributed by atoms with E-state index < -0.39 is 5.54 Å². The van der Waals surface area contributed by atoms with Gasteiger partial charge in [0.05, 0.1) is 5.54 Å². The van der Waals surface area contributed by atoms with Gasteiger partial charge in [0.2, 0.25) is 5.91 Å². The van der Waals surface area contributed by atoms with Crippen LogP contribution in [0.3, 0.4) is 0 Å². The van der Waals surface area contributed by atoms with Crippen molar-refractivity contribution in [1.82, 2.24) is 10.6 Å². The van der Waals surface area contributed by atoms with Crippen LogP contribution in [0.15, 0.2) is 24.3 Å². The van der Waals surface area contributed by atoms with Gasteiger partial charge in [-0.2, -0.15) is 0 Å². The van der Waals surface area contributed by atoms with Gasteiger partial charge in [0.1, 0.15) is 0 Å². The highest BCUT2D eigenvalue weighted by Gasteiger charge is 2.21. The van der Waals surface area contributed by atoms with Crippen LogP contribution < -0.4 is 16.4 Å². The standard InChI is InChI=1S/C16H25N3O2/c1-4-5-10-18-14(20)13-8-6-12(7-9-13)11-19-15(21)16(2,3)17/h6-9H,4-5,10-11,17H2,1-3H3,(H,18,20)(H,19,21).